The summed E-state index contributed by atoms with van der Waals surface area (Å²) in [6.45, 7) is 6.00. The number of carbonyl (C=O) groups excluding carboxylic acids is 1. The molecule has 0 aliphatic carbocycles. The molecule has 1 atom stereocenters. The Morgan fingerprint density at radius 2 is 2.14 bits per heavy atom. The lowest BCUT2D eigenvalue weighted by Crippen LogP contribution is -2.31. The van der Waals surface area contributed by atoms with Gasteiger partial charge in [-0.3, -0.25) is 4.79 Å². The molecule has 0 radical (unpaired) electrons. The summed E-state index contributed by atoms with van der Waals surface area (Å²) in [4.78, 5) is 18.5. The zero-order valence-electron chi connectivity index (χ0n) is 16.3. The monoisotopic (exact) mass is 414 g/mol. The lowest BCUT2D eigenvalue weighted by atomic mass is 10.0. The highest BCUT2D eigenvalue weighted by molar-refractivity contribution is 7.99. The Kier molecular flexibility index (Phi) is 5.34. The number of hydrogen-bond acceptors (Lipinski definition) is 4. The van der Waals surface area contributed by atoms with Gasteiger partial charge in [-0.05, 0) is 62.9 Å². The fourth-order valence-corrected chi connectivity index (χ4v) is 5.11. The highest BCUT2D eigenvalue weighted by Gasteiger charge is 2.23. The van der Waals surface area contributed by atoms with Gasteiger partial charge in [-0.15, -0.1) is 11.8 Å². The van der Waals surface area contributed by atoms with Crippen molar-refractivity contribution < 1.29 is 4.79 Å². The van der Waals surface area contributed by atoms with E-state index in [2.05, 4.69) is 15.4 Å². The van der Waals surface area contributed by atoms with E-state index in [-0.39, 0.29) is 11.9 Å². The average Bonchev–Trinajstić information content (AvgIpc) is 3.02. The molecule has 3 aromatic rings. The van der Waals surface area contributed by atoms with Crippen LogP contribution in [0.5, 0.6) is 0 Å². The van der Waals surface area contributed by atoms with Gasteiger partial charge in [-0.2, -0.15) is 5.10 Å². The van der Waals surface area contributed by atoms with E-state index in [1.54, 1.807) is 0 Å². The molecule has 0 fully saturated rings. The van der Waals surface area contributed by atoms with Crippen molar-refractivity contribution in [1.82, 2.24) is 19.9 Å². The predicted octanol–water partition coefficient (Wildman–Crippen LogP) is 4.59. The van der Waals surface area contributed by atoms with Gasteiger partial charge in [0.05, 0.1) is 11.7 Å². The van der Waals surface area contributed by atoms with Gasteiger partial charge in [0.15, 0.2) is 5.65 Å². The number of aryl methyl sites for hydroxylation is 3. The van der Waals surface area contributed by atoms with Crippen LogP contribution in [0.25, 0.3) is 5.65 Å². The summed E-state index contributed by atoms with van der Waals surface area (Å²) in [7, 11) is 0. The molecule has 5 nitrogen and oxygen atoms in total. The van der Waals surface area contributed by atoms with Crippen molar-refractivity contribution in [2.45, 2.75) is 51.0 Å². The first-order chi connectivity index (χ1) is 13.4. The minimum Gasteiger partial charge on any atom is -0.349 e. The van der Waals surface area contributed by atoms with E-state index >= 15 is 0 Å². The minimum atomic E-state index is 0.0269. The number of nitrogens with one attached hydrogen (secondary N) is 1. The van der Waals surface area contributed by atoms with Crippen LogP contribution in [0.2, 0.25) is 5.02 Å². The number of thioether (sulfide) groups is 1. The van der Waals surface area contributed by atoms with Gasteiger partial charge >= 0.3 is 0 Å². The van der Waals surface area contributed by atoms with E-state index in [0.717, 1.165) is 46.0 Å². The molecule has 0 bridgehead atoms. The Morgan fingerprint density at radius 3 is 2.96 bits per heavy atom. The first-order valence-corrected chi connectivity index (χ1v) is 10.8. The van der Waals surface area contributed by atoms with Gasteiger partial charge in [-0.25, -0.2) is 9.50 Å². The maximum atomic E-state index is 12.7. The Hall–Kier alpha value is -2.05. The number of amides is 1. The average molecular weight is 415 g/mol. The fourth-order valence-electron chi connectivity index (χ4n) is 3.82. The molecule has 3 heterocycles. The van der Waals surface area contributed by atoms with E-state index in [1.165, 1.54) is 4.90 Å². The highest BCUT2D eigenvalue weighted by Crippen LogP contribution is 2.37. The zero-order chi connectivity index (χ0) is 19.8. The van der Waals surface area contributed by atoms with Crippen LogP contribution in [-0.2, 0) is 11.2 Å². The van der Waals surface area contributed by atoms with Crippen molar-refractivity contribution in [3.8, 4) is 0 Å². The van der Waals surface area contributed by atoms with Crippen LogP contribution >= 0.6 is 23.4 Å². The molecule has 146 valence electrons. The molecular formula is C21H23ClN4OS. The second-order valence-corrected chi connectivity index (χ2v) is 8.83. The molecule has 7 heteroatoms. The zero-order valence-corrected chi connectivity index (χ0v) is 17.8. The summed E-state index contributed by atoms with van der Waals surface area (Å²) < 4.78 is 1.87. The molecular weight excluding hydrogens is 392 g/mol. The maximum Gasteiger partial charge on any atom is 0.220 e. The first kappa shape index (κ1) is 19.3. The SMILES string of the molecule is Cc1cc2nc(C)c(CCC(=O)NC3CCSc4ccc(Cl)cc43)c(C)n2n1. The molecule has 1 aliphatic heterocycles. The maximum absolute atomic E-state index is 12.7. The second kappa shape index (κ2) is 7.76. The number of halogens is 1. The van der Waals surface area contributed by atoms with E-state index < -0.39 is 0 Å². The number of fused-ring (bicyclic) bond motifs is 2. The smallest absolute Gasteiger partial charge is 0.220 e. The van der Waals surface area contributed by atoms with Crippen molar-refractivity contribution in [2.75, 3.05) is 5.75 Å². The largest absolute Gasteiger partial charge is 0.349 e. The van der Waals surface area contributed by atoms with Crippen LogP contribution in [0, 0.1) is 20.8 Å². The Balaban J connectivity index is 1.47. The normalized spacial score (nSPS) is 16.2. The van der Waals surface area contributed by atoms with Crippen molar-refractivity contribution in [2.24, 2.45) is 0 Å². The summed E-state index contributed by atoms with van der Waals surface area (Å²) in [5.41, 5.74) is 6.03. The fraction of sp³-hybridized carbons (Fsp3) is 0.381. The molecule has 28 heavy (non-hydrogen) atoms. The first-order valence-electron chi connectivity index (χ1n) is 9.46. The third kappa shape index (κ3) is 3.76. The second-order valence-electron chi connectivity index (χ2n) is 7.26. The van der Waals surface area contributed by atoms with E-state index in [0.29, 0.717) is 17.9 Å². The molecule has 2 aromatic heterocycles. The number of benzene rings is 1. The Morgan fingerprint density at radius 1 is 1.32 bits per heavy atom. The Bertz CT molecular complexity index is 1060. The van der Waals surface area contributed by atoms with Gasteiger partial charge in [-0.1, -0.05) is 11.6 Å². The lowest BCUT2D eigenvalue weighted by molar-refractivity contribution is -0.121. The van der Waals surface area contributed by atoms with Crippen LogP contribution in [0.3, 0.4) is 0 Å². The van der Waals surface area contributed by atoms with Gasteiger partial charge in [0.1, 0.15) is 0 Å². The lowest BCUT2D eigenvalue weighted by Gasteiger charge is -2.26. The van der Waals surface area contributed by atoms with Crippen LogP contribution in [0.1, 0.15) is 47.1 Å². The number of rotatable bonds is 4. The third-order valence-electron chi connectivity index (χ3n) is 5.23. The molecule has 1 aliphatic rings. The molecule has 1 aromatic carbocycles. The van der Waals surface area contributed by atoms with Crippen molar-refractivity contribution in [3.63, 3.8) is 0 Å². The van der Waals surface area contributed by atoms with Crippen LogP contribution in [0.15, 0.2) is 29.2 Å². The molecule has 1 N–H and O–H groups in total. The van der Waals surface area contributed by atoms with Gasteiger partial charge in [0.25, 0.3) is 0 Å². The quantitative estimate of drug-likeness (QED) is 0.678. The summed E-state index contributed by atoms with van der Waals surface area (Å²) >= 11 is 7.98. The van der Waals surface area contributed by atoms with Gasteiger partial charge in [0, 0.05) is 39.5 Å². The van der Waals surface area contributed by atoms with Crippen LogP contribution < -0.4 is 5.32 Å². The number of hydrogen-bond donors (Lipinski definition) is 1. The standard InChI is InChI=1S/C21H23ClN4OS/c1-12-10-20-23-13(2)16(14(3)26(20)25-12)5-7-21(27)24-18-8-9-28-19-6-4-15(22)11-17(18)19/h4,6,10-11,18H,5,7-9H2,1-3H3,(H,24,27). The molecule has 1 unspecified atom stereocenters. The topological polar surface area (TPSA) is 59.3 Å². The third-order valence-corrected chi connectivity index (χ3v) is 6.59. The Labute approximate surface area is 173 Å². The van der Waals surface area contributed by atoms with Gasteiger partial charge < -0.3 is 5.32 Å². The number of carbonyl (C=O) groups is 1. The summed E-state index contributed by atoms with van der Waals surface area (Å²) in [6.07, 6.45) is 1.99. The van der Waals surface area contributed by atoms with Crippen molar-refractivity contribution in [3.05, 3.63) is 57.5 Å². The number of nitrogens with zero attached hydrogens (tertiary/aromatic N) is 3. The van der Waals surface area contributed by atoms with E-state index in [1.807, 2.05) is 61.3 Å². The summed E-state index contributed by atoms with van der Waals surface area (Å²) in [5.74, 6) is 1.05. The molecule has 1 amide bonds. The molecule has 0 spiro atoms. The molecule has 4 rings (SSSR count). The number of aromatic nitrogens is 3. The van der Waals surface area contributed by atoms with Crippen molar-refractivity contribution >= 4 is 34.9 Å². The van der Waals surface area contributed by atoms with Crippen LogP contribution in [0.4, 0.5) is 0 Å². The van der Waals surface area contributed by atoms with E-state index in [4.69, 9.17) is 11.6 Å². The highest BCUT2D eigenvalue weighted by atomic mass is 35.5. The van der Waals surface area contributed by atoms with Crippen molar-refractivity contribution in [1.29, 1.82) is 0 Å². The predicted molar refractivity (Wildman–Crippen MR) is 113 cm³/mol. The minimum absolute atomic E-state index is 0.0269. The van der Waals surface area contributed by atoms with Gasteiger partial charge in [0.2, 0.25) is 5.91 Å². The van der Waals surface area contributed by atoms with E-state index in [9.17, 15) is 4.79 Å². The summed E-state index contributed by atoms with van der Waals surface area (Å²) in [6, 6.07) is 7.92. The summed E-state index contributed by atoms with van der Waals surface area (Å²) in [5, 5.41) is 8.42. The van der Waals surface area contributed by atoms with Crippen LogP contribution in [-0.4, -0.2) is 26.3 Å². The molecule has 0 saturated heterocycles. The molecule has 0 saturated carbocycles.